The highest BCUT2D eigenvalue weighted by Gasteiger charge is 2.57. The molecule has 2 aliphatic heterocycles. The number of hydrogen-bond donors (Lipinski definition) is 12. The van der Waals surface area contributed by atoms with Gasteiger partial charge in [0.15, 0.2) is 44.6 Å². The molecule has 4 aromatic rings. The van der Waals surface area contributed by atoms with Gasteiger partial charge in [-0.25, -0.2) is 38.5 Å². The van der Waals surface area contributed by atoms with E-state index >= 15 is 0 Å². The third-order valence-electron chi connectivity index (χ3n) is 15.9. The second-order valence-electron chi connectivity index (χ2n) is 26.7. The molecule has 0 saturated carbocycles. The summed E-state index contributed by atoms with van der Waals surface area (Å²) in [4.78, 5) is 214. The number of anilines is 2. The van der Waals surface area contributed by atoms with E-state index < -0.39 is 198 Å². The Labute approximate surface area is 668 Å². The predicted molar refractivity (Wildman–Crippen MR) is 382 cm³/mol. The maximum Gasteiger partial charge on any atom is 0.306 e. The van der Waals surface area contributed by atoms with Crippen LogP contribution in [0.5, 0.6) is 0 Å². The summed E-state index contributed by atoms with van der Waals surface area (Å²) in [6.07, 6.45) is -13.8. The van der Waals surface area contributed by atoms with Crippen LogP contribution in [-0.2, 0) is 122 Å². The lowest BCUT2D eigenvalue weighted by Gasteiger charge is -2.36. The van der Waals surface area contributed by atoms with Crippen molar-refractivity contribution in [3.8, 4) is 0 Å². The zero-order valence-electron chi connectivity index (χ0n) is 61.0. The molecule has 6 rings (SSSR count). The van der Waals surface area contributed by atoms with E-state index in [1.165, 1.54) is 34.6 Å². The molecule has 60 heteroatoms. The van der Waals surface area contributed by atoms with Gasteiger partial charge in [0, 0.05) is 67.8 Å². The van der Waals surface area contributed by atoms with Crippen LogP contribution in [-0.4, -0.2) is 234 Å². The molecule has 0 aromatic carbocycles. The number of carboxylic acid groups (broad SMARTS) is 1. The summed E-state index contributed by atoms with van der Waals surface area (Å²) in [6.45, 7) is 4.34. The molecule has 0 radical (unpaired) electrons. The number of aliphatic hydroxyl groups excluding tert-OH is 4. The number of nitrogen functional groups attached to an aromatic ring is 2. The van der Waals surface area contributed by atoms with Crippen LogP contribution in [0.1, 0.15) is 102 Å². The number of aromatic nitrogens is 8. The van der Waals surface area contributed by atoms with Crippen LogP contribution in [0.2, 0.25) is 0 Å². The van der Waals surface area contributed by atoms with Crippen molar-refractivity contribution in [1.82, 2.24) is 60.3 Å². The van der Waals surface area contributed by atoms with E-state index in [1.54, 1.807) is 0 Å². The van der Waals surface area contributed by atoms with Gasteiger partial charge in [-0.3, -0.25) is 65.8 Å². The van der Waals surface area contributed by atoms with Crippen molar-refractivity contribution < 1.29 is 181 Å². The van der Waals surface area contributed by atoms with E-state index in [2.05, 4.69) is 86.9 Å². The Hall–Kier alpha value is -5.78. The minimum Gasteiger partial charge on any atom is -0.790 e. The summed E-state index contributed by atoms with van der Waals surface area (Å²) in [6, 6.07) is 0. The number of phosphoric ester groups is 6. The Morgan fingerprint density at radius 1 is 0.569 bits per heavy atom. The zero-order chi connectivity index (χ0) is 86.3. The molecule has 52 nitrogen and oxygen atoms in total. The van der Waals surface area contributed by atoms with Crippen LogP contribution in [0.4, 0.5) is 11.6 Å². The molecule has 15 atom stereocenters. The summed E-state index contributed by atoms with van der Waals surface area (Å²) in [7, 11) is -35.4. The number of ether oxygens (including phenoxy) is 2. The molecule has 4 amide bonds. The summed E-state index contributed by atoms with van der Waals surface area (Å²) in [5.41, 5.74) is 2.15. The normalized spacial score (nSPS) is 22.9. The quantitative estimate of drug-likeness (QED) is 0.0111. The maximum atomic E-state index is 12.6. The highest BCUT2D eigenvalue weighted by Crippen LogP contribution is 2.58. The van der Waals surface area contributed by atoms with Crippen LogP contribution in [0.3, 0.4) is 0 Å². The van der Waals surface area contributed by atoms with E-state index in [9.17, 15) is 130 Å². The van der Waals surface area contributed by atoms with E-state index in [0.29, 0.717) is 0 Å². The molecular formula is C56H88N14O38P6S2-8. The number of hydrogen-bond acceptors (Lipinski definition) is 47. The average molecular weight is 1820 g/mol. The van der Waals surface area contributed by atoms with E-state index in [0.717, 1.165) is 78.7 Å². The van der Waals surface area contributed by atoms with E-state index in [-0.39, 0.29) is 117 Å². The predicted octanol–water partition coefficient (Wildman–Crippen LogP) is -6.51. The number of phosphoric acid groups is 6. The third-order valence-corrected chi connectivity index (χ3v) is 23.7. The van der Waals surface area contributed by atoms with E-state index in [4.69, 9.17) is 26.0 Å². The van der Waals surface area contributed by atoms with Crippen LogP contribution in [0, 0.1) is 10.8 Å². The largest absolute Gasteiger partial charge is 0.790 e. The Morgan fingerprint density at radius 3 is 1.27 bits per heavy atom. The van der Waals surface area contributed by atoms with Gasteiger partial charge in [0.05, 0.1) is 73.2 Å². The Bertz CT molecular complexity index is 4420. The first-order valence-corrected chi connectivity index (χ1v) is 43.4. The summed E-state index contributed by atoms with van der Waals surface area (Å²) < 4.78 is 122. The molecule has 0 aliphatic carbocycles. The molecular weight excluding hydrogens is 1730 g/mol. The monoisotopic (exact) mass is 1810 g/mol. The van der Waals surface area contributed by atoms with Crippen molar-refractivity contribution in [2.24, 2.45) is 10.8 Å². The number of Topliss-reactive ketones (excluding diaryl/α,β-unsaturated/α-hetero) is 1. The second-order valence-corrected chi connectivity index (χ2v) is 37.1. The minimum atomic E-state index is -5.97. The number of nitrogens with two attached hydrogens (primary N) is 2. The smallest absolute Gasteiger partial charge is 0.306 e. The number of aliphatic hydroxyl groups is 5. The molecule has 2 fully saturated rings. The number of nitrogens with zero attached hydrogens (tertiary/aromatic N) is 8. The number of ketones is 1. The lowest BCUT2D eigenvalue weighted by molar-refractivity contribution is -0.349. The van der Waals surface area contributed by atoms with E-state index in [1.807, 2.05) is 0 Å². The number of thioether (sulfide) groups is 2. The van der Waals surface area contributed by atoms with Gasteiger partial charge in [-0.1, -0.05) is 66.1 Å². The maximum absolute atomic E-state index is 12.6. The number of nitrogens with one attached hydrogen (secondary N) is 4. The summed E-state index contributed by atoms with van der Waals surface area (Å²) >= 11 is 1.63. The molecule has 660 valence electrons. The van der Waals surface area contributed by atoms with Crippen molar-refractivity contribution in [1.29, 1.82) is 0 Å². The van der Waals surface area contributed by atoms with Gasteiger partial charge < -0.3 is 148 Å². The molecule has 6 heterocycles. The SMILES string of the molecule is C.C.CC(=O)CC(=O)SCCNC(=O)CCNC(=O)C(O)C(C)(C)COP(=O)([O-])OP(=O)([O-])OCC1OC(C)(n2cnc3c(N)ncnc32)C(O)C1OP(=O)([O-])[O-].CC(C)(COP(=O)([O-])OP(=O)([O-])OCC1OC(C)(n2cnc3c(N)ncnc32)C(O)C1OP(=O)([O-])[O-])C(O)C(=O)NCCC(=O)NCCSC(=O)C[C@@](C)(O)CC(=O)O. The molecule has 2 aliphatic rings. The van der Waals surface area contributed by atoms with Gasteiger partial charge in [0.25, 0.3) is 31.3 Å². The number of carbonyl (C=O) groups excluding carboxylic acids is 7. The van der Waals surface area contributed by atoms with Gasteiger partial charge >= 0.3 is 5.97 Å². The van der Waals surface area contributed by atoms with Crippen molar-refractivity contribution in [3.05, 3.63) is 25.3 Å². The molecule has 14 N–H and O–H groups in total. The first-order chi connectivity index (χ1) is 52.2. The van der Waals surface area contributed by atoms with Crippen LogP contribution in [0.25, 0.3) is 22.3 Å². The Kier molecular flexibility index (Phi) is 38.4. The first-order valence-electron chi connectivity index (χ1n) is 32.7. The second kappa shape index (κ2) is 42.6. The molecule has 4 aromatic heterocycles. The van der Waals surface area contributed by atoms with Crippen molar-refractivity contribution in [2.45, 2.75) is 168 Å². The third kappa shape index (κ3) is 31.7. The number of amides is 4. The van der Waals surface area contributed by atoms with Gasteiger partial charge in [0.2, 0.25) is 23.6 Å². The van der Waals surface area contributed by atoms with Crippen LogP contribution >= 0.6 is 70.5 Å². The fourth-order valence-electron chi connectivity index (χ4n) is 10.2. The highest BCUT2D eigenvalue weighted by atomic mass is 32.2. The van der Waals surface area contributed by atoms with Crippen LogP contribution < -0.4 is 71.9 Å². The number of imidazole rings is 2. The fraction of sp³-hybridized carbons (Fsp3) is 0.679. The minimum absolute atomic E-state index is 0. The number of fused-ring (bicyclic) bond motifs is 2. The molecule has 14 unspecified atom stereocenters. The van der Waals surface area contributed by atoms with Gasteiger partial charge in [-0.15, -0.1) is 0 Å². The molecule has 2 saturated heterocycles. The summed E-state index contributed by atoms with van der Waals surface area (Å²) in [5.74, 6) is -4.67. The average Bonchev–Trinajstić information content (AvgIpc) is 1.58. The lowest BCUT2D eigenvalue weighted by atomic mass is 9.87. The standard InChI is InChI=1S/C28H46N7O20P3S.C26H42N7O18P3S.2CH4/c1-26(2,22(41)25(42)31-6-5-16(36)30-7-8-59-18(39)10-27(3,43)9-17(37)38)12-52-58(49,50)55-57(47,48)51-11-15-20(54-56(44,45)46)21(40)28(4,53-15)35-14-34-19-23(29)32-13-33-24(19)35;1-14(34)9-17(36)55-8-7-28-16(35)5-6-29-24(39)21(38)25(2,3)11-48-54(45,46)51-53(43,44)47-10-15-19(50-52(40,41)42)20(37)26(4,49-15)33-13-32-18-22(27)30-12-31-23(18)33;;/h13-15,20-22,40-41,43H,5-12H2,1-4H3,(H,30,36)(H,31,42)(H,37,38)(H,47,48)(H,49,50)(H2,29,32,33)(H2,44,45,46);12-13,15,19-21,37-38H,5-11H2,1-4H3,(H,28,35)(H,29,39)(H,43,44)(H,45,46)(H2,27,30,31)(H2,40,41,42);2*1H4/p-8/t15?,20?,21?,22?,27-,28?;;;/m0.../s1. The highest BCUT2D eigenvalue weighted by molar-refractivity contribution is 8.13. The zero-order valence-corrected chi connectivity index (χ0v) is 68.0. The fourth-order valence-corrected chi connectivity index (χ4v) is 17.2. The lowest BCUT2D eigenvalue weighted by Crippen LogP contribution is -2.46. The molecule has 116 heavy (non-hydrogen) atoms. The van der Waals surface area contributed by atoms with Crippen molar-refractivity contribution >= 4 is 150 Å². The topological polar surface area (TPSA) is 825 Å². The van der Waals surface area contributed by atoms with Gasteiger partial charge in [-0.05, 0) is 27.7 Å². The Morgan fingerprint density at radius 2 is 0.922 bits per heavy atom. The van der Waals surface area contributed by atoms with Gasteiger partial charge in [0.1, 0.15) is 78.3 Å². The van der Waals surface area contributed by atoms with Gasteiger partial charge in [-0.2, -0.15) is 0 Å². The van der Waals surface area contributed by atoms with Crippen molar-refractivity contribution in [2.75, 3.05) is 75.6 Å². The van der Waals surface area contributed by atoms with Crippen molar-refractivity contribution in [3.63, 3.8) is 0 Å². The molecule has 0 bridgehead atoms. The molecule has 0 spiro atoms. The number of carbonyl (C=O) groups is 8. The number of carboxylic acids is 1. The number of aliphatic carboxylic acids is 1. The first kappa shape index (κ1) is 104. The summed E-state index contributed by atoms with van der Waals surface area (Å²) in [5, 5.41) is 70.4. The number of rotatable bonds is 44. The Balaban J connectivity index is 0.000000591. The van der Waals surface area contributed by atoms with Crippen LogP contribution in [0.15, 0.2) is 25.3 Å².